The van der Waals surface area contributed by atoms with Crippen LogP contribution in [0.15, 0.2) is 42.6 Å². The maximum Gasteiger partial charge on any atom is 0.335 e. The lowest BCUT2D eigenvalue weighted by atomic mass is 9.77. The van der Waals surface area contributed by atoms with Crippen LogP contribution in [0, 0.1) is 17.1 Å². The van der Waals surface area contributed by atoms with Crippen LogP contribution in [-0.4, -0.2) is 38.0 Å². The van der Waals surface area contributed by atoms with Crippen molar-refractivity contribution in [1.29, 1.82) is 5.26 Å². The number of nitrogens with one attached hydrogen (secondary N) is 1. The Morgan fingerprint density at radius 2 is 2.11 bits per heavy atom. The zero-order valence-electron chi connectivity index (χ0n) is 19.9. The predicted octanol–water partition coefficient (Wildman–Crippen LogP) is 5.57. The lowest BCUT2D eigenvalue weighted by Crippen LogP contribution is -2.43. The molecule has 2 N–H and O–H groups in total. The number of nitriles is 1. The Kier molecular flexibility index (Phi) is 5.41. The molecule has 0 spiro atoms. The monoisotopic (exact) mass is 474 g/mol. The normalized spacial score (nSPS) is 20.8. The smallest absolute Gasteiger partial charge is 0.335 e. The Balaban J connectivity index is 1.82. The molecule has 2 atom stereocenters. The van der Waals surface area contributed by atoms with Gasteiger partial charge in [-0.1, -0.05) is 13.8 Å². The fraction of sp³-hybridized carbons (Fsp3) is 0.370. The van der Waals surface area contributed by atoms with Gasteiger partial charge < -0.3 is 14.4 Å². The van der Waals surface area contributed by atoms with Crippen LogP contribution in [0.3, 0.4) is 0 Å². The van der Waals surface area contributed by atoms with Gasteiger partial charge in [-0.2, -0.15) is 10.4 Å². The van der Waals surface area contributed by atoms with E-state index in [1.54, 1.807) is 25.3 Å². The highest BCUT2D eigenvalue weighted by molar-refractivity contribution is 5.99. The molecule has 0 saturated carbocycles. The molecule has 2 aromatic heterocycles. The summed E-state index contributed by atoms with van der Waals surface area (Å²) >= 11 is 0. The summed E-state index contributed by atoms with van der Waals surface area (Å²) in [6.07, 6.45) is 3.04. The minimum atomic E-state index is -1.22. The highest BCUT2D eigenvalue weighted by atomic mass is 19.1. The van der Waals surface area contributed by atoms with Crippen LogP contribution in [-0.2, 0) is 14.9 Å². The molecule has 7 nitrogen and oxygen atoms in total. The number of halogens is 1. The number of aliphatic carboxylic acids is 1. The number of H-pyrrole nitrogens is 1. The lowest BCUT2D eigenvalue weighted by molar-refractivity contribution is -0.170. The first-order chi connectivity index (χ1) is 16.6. The molecular formula is C27H27FN4O3. The Bertz CT molecular complexity index is 1470. The first-order valence-electron chi connectivity index (χ1n) is 11.7. The van der Waals surface area contributed by atoms with Crippen LogP contribution in [0.4, 0.5) is 4.39 Å². The third kappa shape index (κ3) is 3.76. The Morgan fingerprint density at radius 1 is 1.37 bits per heavy atom. The quantitative estimate of drug-likeness (QED) is 0.393. The summed E-state index contributed by atoms with van der Waals surface area (Å²) in [5, 5.41) is 28.5. The molecular weight excluding hydrogens is 447 g/mol. The van der Waals surface area contributed by atoms with E-state index in [4.69, 9.17) is 4.74 Å². The predicted molar refractivity (Wildman–Crippen MR) is 130 cm³/mol. The molecule has 180 valence electrons. The minimum absolute atomic E-state index is 0.0695. The van der Waals surface area contributed by atoms with Crippen molar-refractivity contribution < 1.29 is 19.0 Å². The average molecular weight is 475 g/mol. The molecule has 1 saturated heterocycles. The second kappa shape index (κ2) is 8.21. The third-order valence-corrected chi connectivity index (χ3v) is 7.25. The van der Waals surface area contributed by atoms with Gasteiger partial charge in [-0.15, -0.1) is 0 Å². The third-order valence-electron chi connectivity index (χ3n) is 7.25. The molecule has 8 heteroatoms. The second-order valence-electron chi connectivity index (χ2n) is 10.2. The van der Waals surface area contributed by atoms with E-state index < -0.39 is 17.0 Å². The number of benzene rings is 2. The van der Waals surface area contributed by atoms with E-state index in [9.17, 15) is 19.6 Å². The summed E-state index contributed by atoms with van der Waals surface area (Å²) in [5.41, 5.74) is 2.82. The zero-order chi connectivity index (χ0) is 25.0. The van der Waals surface area contributed by atoms with Gasteiger partial charge in [0.2, 0.25) is 0 Å². The molecule has 5 rings (SSSR count). The molecule has 1 aliphatic rings. The van der Waals surface area contributed by atoms with Crippen molar-refractivity contribution >= 4 is 27.8 Å². The van der Waals surface area contributed by atoms with Gasteiger partial charge >= 0.3 is 5.97 Å². The molecule has 35 heavy (non-hydrogen) atoms. The number of hydrogen-bond acceptors (Lipinski definition) is 4. The van der Waals surface area contributed by atoms with Gasteiger partial charge in [-0.3, -0.25) is 5.10 Å². The molecule has 4 aromatic rings. The van der Waals surface area contributed by atoms with Crippen molar-refractivity contribution in [2.24, 2.45) is 0 Å². The van der Waals surface area contributed by atoms with Gasteiger partial charge in [-0.05, 0) is 61.7 Å². The molecule has 0 unspecified atom stereocenters. The van der Waals surface area contributed by atoms with Gasteiger partial charge in [-0.25, -0.2) is 9.18 Å². The Labute approximate surface area is 202 Å². The van der Waals surface area contributed by atoms with Crippen molar-refractivity contribution in [2.75, 3.05) is 6.61 Å². The number of nitrogens with zero attached hydrogens (tertiary/aromatic N) is 3. The summed E-state index contributed by atoms with van der Waals surface area (Å²) in [5.74, 6) is -1.36. The summed E-state index contributed by atoms with van der Waals surface area (Å²) in [6.45, 7) is 5.93. The first kappa shape index (κ1) is 23.1. The van der Waals surface area contributed by atoms with Crippen LogP contribution in [0.2, 0.25) is 0 Å². The summed E-state index contributed by atoms with van der Waals surface area (Å²) < 4.78 is 21.9. The highest BCUT2D eigenvalue weighted by Gasteiger charge is 2.42. The molecule has 0 bridgehead atoms. The van der Waals surface area contributed by atoms with Crippen LogP contribution >= 0.6 is 0 Å². The number of aromatic nitrogens is 3. The number of ether oxygens (including phenoxy) is 1. The maximum atomic E-state index is 13.8. The number of hydrogen-bond donors (Lipinski definition) is 2. The van der Waals surface area contributed by atoms with E-state index in [1.165, 1.54) is 12.1 Å². The lowest BCUT2D eigenvalue weighted by Gasteiger charge is -2.36. The molecule has 0 amide bonds. The fourth-order valence-electron chi connectivity index (χ4n) is 5.25. The van der Waals surface area contributed by atoms with E-state index in [0.29, 0.717) is 12.8 Å². The molecule has 0 radical (unpaired) electrons. The van der Waals surface area contributed by atoms with E-state index in [-0.39, 0.29) is 24.8 Å². The topological polar surface area (TPSA) is 104 Å². The first-order valence-corrected chi connectivity index (χ1v) is 11.7. The summed E-state index contributed by atoms with van der Waals surface area (Å²) in [7, 11) is 0. The van der Waals surface area contributed by atoms with Gasteiger partial charge in [0.05, 0.1) is 29.9 Å². The van der Waals surface area contributed by atoms with Crippen LogP contribution in [0.1, 0.15) is 57.2 Å². The number of fused-ring (bicyclic) bond motifs is 2. The van der Waals surface area contributed by atoms with Gasteiger partial charge in [0, 0.05) is 39.9 Å². The largest absolute Gasteiger partial charge is 0.479 e. The molecule has 2 aromatic carbocycles. The van der Waals surface area contributed by atoms with E-state index in [0.717, 1.165) is 38.8 Å². The average Bonchev–Trinajstić information content (AvgIpc) is 3.41. The van der Waals surface area contributed by atoms with Crippen molar-refractivity contribution in [3.05, 3.63) is 59.7 Å². The fourth-order valence-corrected chi connectivity index (χ4v) is 5.25. The van der Waals surface area contributed by atoms with Gasteiger partial charge in [0.15, 0.2) is 5.60 Å². The van der Waals surface area contributed by atoms with Crippen molar-refractivity contribution in [2.45, 2.75) is 57.0 Å². The molecule has 3 heterocycles. The number of aromatic amines is 1. The zero-order valence-corrected chi connectivity index (χ0v) is 19.9. The van der Waals surface area contributed by atoms with Crippen molar-refractivity contribution in [1.82, 2.24) is 14.8 Å². The highest BCUT2D eigenvalue weighted by Crippen LogP contribution is 2.46. The van der Waals surface area contributed by atoms with E-state index in [2.05, 4.69) is 33.0 Å². The van der Waals surface area contributed by atoms with E-state index >= 15 is 0 Å². The number of carboxylic acid groups (broad SMARTS) is 1. The summed E-state index contributed by atoms with van der Waals surface area (Å²) in [4.78, 5) is 11.8. The molecule has 1 aliphatic heterocycles. The second-order valence-corrected chi connectivity index (χ2v) is 10.2. The SMILES string of the molecule is CC(C)(CC#N)c1c([C@H]2CC[C@@](C)(C(=O)O)OC2)c2cc3[nH]ncc3cc2n1-c1ccc(F)cc1. The van der Waals surface area contributed by atoms with Gasteiger partial charge in [0.25, 0.3) is 0 Å². The molecule has 1 fully saturated rings. The summed E-state index contributed by atoms with van der Waals surface area (Å²) in [6, 6.07) is 12.8. The minimum Gasteiger partial charge on any atom is -0.479 e. The Morgan fingerprint density at radius 3 is 2.74 bits per heavy atom. The Hall–Kier alpha value is -3.70. The standard InChI is InChI=1S/C27H27FN4O3/c1-26(2,10-11-29)24-23(16-8-9-27(3,25(33)34)35-15-16)20-13-21-17(14-30-31-21)12-22(20)32(24)19-6-4-18(28)5-7-19/h4-7,12-14,16H,8-10,15H2,1-3H3,(H,30,31)(H,33,34)/t16-,27-/m0/s1. The van der Waals surface area contributed by atoms with Crippen LogP contribution < -0.4 is 0 Å². The van der Waals surface area contributed by atoms with Gasteiger partial charge in [0.1, 0.15) is 5.82 Å². The number of carboxylic acids is 1. The van der Waals surface area contributed by atoms with Crippen molar-refractivity contribution in [3.8, 4) is 11.8 Å². The maximum absolute atomic E-state index is 13.8. The van der Waals surface area contributed by atoms with E-state index in [1.807, 2.05) is 13.8 Å². The number of rotatable bonds is 5. The molecule has 0 aliphatic carbocycles. The van der Waals surface area contributed by atoms with Crippen LogP contribution in [0.5, 0.6) is 0 Å². The van der Waals surface area contributed by atoms with Crippen LogP contribution in [0.25, 0.3) is 27.5 Å². The number of carbonyl (C=O) groups is 1. The van der Waals surface area contributed by atoms with Crippen molar-refractivity contribution in [3.63, 3.8) is 0 Å².